The van der Waals surface area contributed by atoms with E-state index in [0.29, 0.717) is 12.0 Å². The quantitative estimate of drug-likeness (QED) is 0.916. The van der Waals surface area contributed by atoms with Crippen molar-refractivity contribution in [3.63, 3.8) is 0 Å². The second-order valence-corrected chi connectivity index (χ2v) is 5.89. The third kappa shape index (κ3) is 3.46. The first-order chi connectivity index (χ1) is 9.51. The van der Waals surface area contributed by atoms with Gasteiger partial charge in [-0.25, -0.2) is 9.97 Å². The van der Waals surface area contributed by atoms with Crippen LogP contribution in [0.2, 0.25) is 0 Å². The highest BCUT2D eigenvalue weighted by Gasteiger charge is 2.26. The Labute approximate surface area is 121 Å². The van der Waals surface area contributed by atoms with E-state index in [1.54, 1.807) is 0 Å². The zero-order valence-electron chi connectivity index (χ0n) is 13.2. The average Bonchev–Trinajstić information content (AvgIpc) is 2.46. The molecule has 1 aromatic heterocycles. The molecule has 2 heterocycles. The van der Waals surface area contributed by atoms with Crippen molar-refractivity contribution in [3.05, 3.63) is 17.6 Å². The van der Waals surface area contributed by atoms with E-state index in [2.05, 4.69) is 42.9 Å². The van der Waals surface area contributed by atoms with Gasteiger partial charge in [-0.1, -0.05) is 13.8 Å². The minimum absolute atomic E-state index is 0.0306. The fraction of sp³-hybridized carbons (Fsp3) is 0.733. The van der Waals surface area contributed by atoms with Crippen LogP contribution in [0.1, 0.15) is 51.2 Å². The molecule has 0 saturated carbocycles. The summed E-state index contributed by atoms with van der Waals surface area (Å²) in [5.74, 6) is 2.04. The van der Waals surface area contributed by atoms with Crippen LogP contribution in [-0.4, -0.2) is 47.7 Å². The summed E-state index contributed by atoms with van der Waals surface area (Å²) >= 11 is 0. The van der Waals surface area contributed by atoms with Crippen LogP contribution in [0.5, 0.6) is 0 Å². The normalized spacial score (nSPS) is 20.6. The minimum Gasteiger partial charge on any atom is -0.373 e. The van der Waals surface area contributed by atoms with Gasteiger partial charge in [0.2, 0.25) is 0 Å². The topological polar surface area (TPSA) is 50.3 Å². The lowest BCUT2D eigenvalue weighted by Gasteiger charge is -2.35. The summed E-state index contributed by atoms with van der Waals surface area (Å²) in [5.41, 5.74) is 1.06. The molecule has 2 rings (SSSR count). The predicted molar refractivity (Wildman–Crippen MR) is 81.1 cm³/mol. The molecular weight excluding hydrogens is 252 g/mol. The molecule has 1 unspecified atom stereocenters. The van der Waals surface area contributed by atoms with Crippen molar-refractivity contribution < 1.29 is 4.74 Å². The molecule has 1 aromatic rings. The Bertz CT molecular complexity index is 447. The summed E-state index contributed by atoms with van der Waals surface area (Å²) < 4.78 is 5.88. The minimum atomic E-state index is -0.0306. The maximum absolute atomic E-state index is 5.88. The van der Waals surface area contributed by atoms with Gasteiger partial charge in [0, 0.05) is 37.9 Å². The summed E-state index contributed by atoms with van der Waals surface area (Å²) in [6.07, 6.45) is -0.0306. The molecule has 0 aromatic carbocycles. The fourth-order valence-corrected chi connectivity index (χ4v) is 2.35. The Morgan fingerprint density at radius 2 is 2.05 bits per heavy atom. The van der Waals surface area contributed by atoms with Gasteiger partial charge in [0.25, 0.3) is 0 Å². The van der Waals surface area contributed by atoms with Crippen LogP contribution in [0.3, 0.4) is 0 Å². The van der Waals surface area contributed by atoms with E-state index in [1.807, 2.05) is 13.1 Å². The standard InChI is InChI=1S/C15H26N4O/c1-10(2)12-8-14(16-5)18-15(17-12)13-9-19(11(3)4)6-7-20-13/h8,10-11,13H,6-7,9H2,1-5H3,(H,16,17,18). The largest absolute Gasteiger partial charge is 0.373 e. The van der Waals surface area contributed by atoms with Crippen molar-refractivity contribution in [2.75, 3.05) is 32.1 Å². The van der Waals surface area contributed by atoms with Gasteiger partial charge in [-0.05, 0) is 19.8 Å². The van der Waals surface area contributed by atoms with Gasteiger partial charge in [-0.15, -0.1) is 0 Å². The SMILES string of the molecule is CNc1cc(C(C)C)nc(C2CN(C(C)C)CCO2)n1. The molecule has 1 fully saturated rings. The van der Waals surface area contributed by atoms with Gasteiger partial charge in [0.1, 0.15) is 11.9 Å². The molecule has 5 nitrogen and oxygen atoms in total. The molecule has 1 saturated heterocycles. The maximum atomic E-state index is 5.88. The zero-order chi connectivity index (χ0) is 14.7. The number of aromatic nitrogens is 2. The van der Waals surface area contributed by atoms with Crippen molar-refractivity contribution in [3.8, 4) is 0 Å². The van der Waals surface area contributed by atoms with Gasteiger partial charge in [-0.2, -0.15) is 0 Å². The summed E-state index contributed by atoms with van der Waals surface area (Å²) in [6, 6.07) is 2.54. The molecule has 0 amide bonds. The summed E-state index contributed by atoms with van der Waals surface area (Å²) in [5, 5.41) is 3.12. The maximum Gasteiger partial charge on any atom is 0.161 e. The molecule has 1 atom stereocenters. The van der Waals surface area contributed by atoms with Crippen molar-refractivity contribution in [1.29, 1.82) is 0 Å². The summed E-state index contributed by atoms with van der Waals surface area (Å²) in [4.78, 5) is 11.7. The Morgan fingerprint density at radius 3 is 2.65 bits per heavy atom. The summed E-state index contributed by atoms with van der Waals surface area (Å²) in [7, 11) is 1.89. The molecule has 0 bridgehead atoms. The fourth-order valence-electron chi connectivity index (χ4n) is 2.35. The first kappa shape index (κ1) is 15.2. The van der Waals surface area contributed by atoms with Crippen LogP contribution in [0, 0.1) is 0 Å². The zero-order valence-corrected chi connectivity index (χ0v) is 13.2. The second kappa shape index (κ2) is 6.50. The molecule has 1 aliphatic rings. The first-order valence-corrected chi connectivity index (χ1v) is 7.43. The van der Waals surface area contributed by atoms with Crippen LogP contribution in [-0.2, 0) is 4.74 Å². The second-order valence-electron chi connectivity index (χ2n) is 5.89. The van der Waals surface area contributed by atoms with Gasteiger partial charge in [0.05, 0.1) is 6.61 Å². The Hall–Kier alpha value is -1.20. The predicted octanol–water partition coefficient (Wildman–Crippen LogP) is 2.42. The van der Waals surface area contributed by atoms with E-state index in [1.165, 1.54) is 0 Å². The average molecular weight is 278 g/mol. The Balaban J connectivity index is 2.24. The van der Waals surface area contributed by atoms with E-state index in [4.69, 9.17) is 9.72 Å². The number of morpholine rings is 1. The van der Waals surface area contributed by atoms with Crippen molar-refractivity contribution in [1.82, 2.24) is 14.9 Å². The lowest BCUT2D eigenvalue weighted by Crippen LogP contribution is -2.42. The molecule has 1 aliphatic heterocycles. The Kier molecular flexibility index (Phi) is 4.94. The lowest BCUT2D eigenvalue weighted by atomic mass is 10.1. The number of hydrogen-bond acceptors (Lipinski definition) is 5. The van der Waals surface area contributed by atoms with E-state index in [0.717, 1.165) is 37.0 Å². The van der Waals surface area contributed by atoms with Crippen LogP contribution in [0.15, 0.2) is 6.07 Å². The van der Waals surface area contributed by atoms with Gasteiger partial charge < -0.3 is 10.1 Å². The highest BCUT2D eigenvalue weighted by molar-refractivity contribution is 5.36. The van der Waals surface area contributed by atoms with E-state index in [-0.39, 0.29) is 6.10 Å². The molecule has 0 radical (unpaired) electrons. The molecule has 0 aliphatic carbocycles. The number of hydrogen-bond donors (Lipinski definition) is 1. The van der Waals surface area contributed by atoms with E-state index < -0.39 is 0 Å². The summed E-state index contributed by atoms with van der Waals surface area (Å²) in [6.45, 7) is 11.3. The first-order valence-electron chi connectivity index (χ1n) is 7.43. The van der Waals surface area contributed by atoms with Crippen LogP contribution < -0.4 is 5.32 Å². The van der Waals surface area contributed by atoms with Crippen LogP contribution in [0.4, 0.5) is 5.82 Å². The monoisotopic (exact) mass is 278 g/mol. The highest BCUT2D eigenvalue weighted by atomic mass is 16.5. The third-order valence-corrected chi connectivity index (χ3v) is 3.73. The Morgan fingerprint density at radius 1 is 1.30 bits per heavy atom. The van der Waals surface area contributed by atoms with Crippen molar-refractivity contribution in [2.45, 2.75) is 45.8 Å². The van der Waals surface area contributed by atoms with Gasteiger partial charge in [0.15, 0.2) is 5.82 Å². The lowest BCUT2D eigenvalue weighted by molar-refractivity contribution is -0.0443. The highest BCUT2D eigenvalue weighted by Crippen LogP contribution is 2.24. The molecule has 20 heavy (non-hydrogen) atoms. The van der Waals surface area contributed by atoms with Gasteiger partial charge in [-0.3, -0.25) is 4.90 Å². The van der Waals surface area contributed by atoms with Crippen molar-refractivity contribution >= 4 is 5.82 Å². The number of nitrogens with one attached hydrogen (secondary N) is 1. The molecule has 5 heteroatoms. The number of nitrogens with zero attached hydrogens (tertiary/aromatic N) is 3. The van der Waals surface area contributed by atoms with E-state index in [9.17, 15) is 0 Å². The van der Waals surface area contributed by atoms with Crippen LogP contribution >= 0.6 is 0 Å². The molecular formula is C15H26N4O. The molecule has 0 spiro atoms. The van der Waals surface area contributed by atoms with Crippen molar-refractivity contribution in [2.24, 2.45) is 0 Å². The molecule has 1 N–H and O–H groups in total. The number of rotatable bonds is 4. The smallest absolute Gasteiger partial charge is 0.161 e. The third-order valence-electron chi connectivity index (χ3n) is 3.73. The molecule has 112 valence electrons. The van der Waals surface area contributed by atoms with E-state index >= 15 is 0 Å². The number of anilines is 1. The number of ether oxygens (including phenoxy) is 1. The van der Waals surface area contributed by atoms with Crippen LogP contribution in [0.25, 0.3) is 0 Å². The van der Waals surface area contributed by atoms with Gasteiger partial charge >= 0.3 is 0 Å².